The van der Waals surface area contributed by atoms with Crippen molar-refractivity contribution in [1.82, 2.24) is 0 Å². The lowest BCUT2D eigenvalue weighted by Crippen LogP contribution is -2.18. The van der Waals surface area contributed by atoms with Crippen molar-refractivity contribution >= 4 is 0 Å². The summed E-state index contributed by atoms with van der Waals surface area (Å²) in [5.41, 5.74) is 0.245. The maximum absolute atomic E-state index is 9.61. The van der Waals surface area contributed by atoms with Crippen LogP contribution in [-0.4, -0.2) is 11.2 Å². The van der Waals surface area contributed by atoms with Gasteiger partial charge in [-0.3, -0.25) is 0 Å². The van der Waals surface area contributed by atoms with Crippen LogP contribution in [0, 0.1) is 17.8 Å². The van der Waals surface area contributed by atoms with Gasteiger partial charge in [-0.2, -0.15) is 0 Å². The standard InChI is InChI=1S/C10H16O/c1-3-4-5-6-9(11)10(2)7-8-10/h1,9,11H,4-8H2,2H3. The summed E-state index contributed by atoms with van der Waals surface area (Å²) >= 11 is 0. The minimum Gasteiger partial charge on any atom is -0.393 e. The van der Waals surface area contributed by atoms with Crippen molar-refractivity contribution in [1.29, 1.82) is 0 Å². The number of rotatable bonds is 4. The molecule has 0 aliphatic heterocycles. The van der Waals surface area contributed by atoms with Crippen molar-refractivity contribution in [2.45, 2.75) is 45.1 Å². The number of hydrogen-bond acceptors (Lipinski definition) is 1. The van der Waals surface area contributed by atoms with Crippen molar-refractivity contribution in [3.8, 4) is 12.3 Å². The molecule has 1 N–H and O–H groups in total. The molecule has 1 nitrogen and oxygen atoms in total. The van der Waals surface area contributed by atoms with E-state index in [1.807, 2.05) is 0 Å². The van der Waals surface area contributed by atoms with Gasteiger partial charge < -0.3 is 5.11 Å². The molecule has 62 valence electrons. The first-order valence-corrected chi connectivity index (χ1v) is 4.30. The molecule has 1 aliphatic carbocycles. The first-order valence-electron chi connectivity index (χ1n) is 4.30. The quantitative estimate of drug-likeness (QED) is 0.482. The Morgan fingerprint density at radius 3 is 2.73 bits per heavy atom. The number of aliphatic hydroxyl groups excluding tert-OH is 1. The predicted molar refractivity (Wildman–Crippen MR) is 46.0 cm³/mol. The van der Waals surface area contributed by atoms with Gasteiger partial charge >= 0.3 is 0 Å². The molecule has 1 fully saturated rings. The van der Waals surface area contributed by atoms with E-state index < -0.39 is 0 Å². The highest BCUT2D eigenvalue weighted by atomic mass is 16.3. The summed E-state index contributed by atoms with van der Waals surface area (Å²) < 4.78 is 0. The van der Waals surface area contributed by atoms with Crippen LogP contribution in [0.15, 0.2) is 0 Å². The van der Waals surface area contributed by atoms with Gasteiger partial charge in [0.15, 0.2) is 0 Å². The Hall–Kier alpha value is -0.480. The van der Waals surface area contributed by atoms with Crippen LogP contribution in [0.5, 0.6) is 0 Å². The van der Waals surface area contributed by atoms with Crippen LogP contribution in [0.3, 0.4) is 0 Å². The molecule has 11 heavy (non-hydrogen) atoms. The fourth-order valence-corrected chi connectivity index (χ4v) is 1.28. The maximum atomic E-state index is 9.61. The highest BCUT2D eigenvalue weighted by molar-refractivity contribution is 4.95. The zero-order chi connectivity index (χ0) is 8.32. The lowest BCUT2D eigenvalue weighted by molar-refractivity contribution is 0.0925. The van der Waals surface area contributed by atoms with Crippen LogP contribution in [0.1, 0.15) is 39.0 Å². The van der Waals surface area contributed by atoms with Gasteiger partial charge in [0, 0.05) is 6.42 Å². The Labute approximate surface area is 68.8 Å². The van der Waals surface area contributed by atoms with Crippen molar-refractivity contribution in [3.05, 3.63) is 0 Å². The summed E-state index contributed by atoms with van der Waals surface area (Å²) in [6.07, 6.45) is 10.0. The molecule has 0 saturated heterocycles. The fraction of sp³-hybridized carbons (Fsp3) is 0.800. The highest BCUT2D eigenvalue weighted by Crippen LogP contribution is 2.49. The number of terminal acetylenes is 1. The van der Waals surface area contributed by atoms with E-state index in [9.17, 15) is 5.11 Å². The topological polar surface area (TPSA) is 20.2 Å². The molecular formula is C10H16O. The molecule has 0 aromatic carbocycles. The lowest BCUT2D eigenvalue weighted by Gasteiger charge is -2.16. The van der Waals surface area contributed by atoms with Crippen molar-refractivity contribution in [3.63, 3.8) is 0 Å². The van der Waals surface area contributed by atoms with Gasteiger partial charge in [-0.25, -0.2) is 0 Å². The molecule has 0 aromatic rings. The Kier molecular flexibility index (Phi) is 2.57. The third-order valence-corrected chi connectivity index (χ3v) is 2.64. The fourth-order valence-electron chi connectivity index (χ4n) is 1.28. The minimum absolute atomic E-state index is 0.115. The third-order valence-electron chi connectivity index (χ3n) is 2.64. The molecule has 0 aromatic heterocycles. The SMILES string of the molecule is C#CCCCC(O)C1(C)CC1. The normalized spacial score (nSPS) is 22.3. The molecule has 1 atom stereocenters. The molecule has 1 aliphatic rings. The summed E-state index contributed by atoms with van der Waals surface area (Å²) in [5.74, 6) is 2.58. The Balaban J connectivity index is 2.12. The second kappa shape index (κ2) is 3.28. The van der Waals surface area contributed by atoms with Gasteiger partial charge in [0.05, 0.1) is 6.10 Å². The van der Waals surface area contributed by atoms with Gasteiger partial charge in [-0.15, -0.1) is 12.3 Å². The van der Waals surface area contributed by atoms with Crippen LogP contribution in [0.25, 0.3) is 0 Å². The first kappa shape index (κ1) is 8.62. The Morgan fingerprint density at radius 1 is 1.64 bits per heavy atom. The van der Waals surface area contributed by atoms with Gasteiger partial charge in [0.1, 0.15) is 0 Å². The molecular weight excluding hydrogens is 136 g/mol. The Morgan fingerprint density at radius 2 is 2.27 bits per heavy atom. The lowest BCUT2D eigenvalue weighted by atomic mass is 9.97. The zero-order valence-electron chi connectivity index (χ0n) is 7.14. The average molecular weight is 152 g/mol. The summed E-state index contributed by atoms with van der Waals surface area (Å²) in [7, 11) is 0. The minimum atomic E-state index is -0.115. The van der Waals surface area contributed by atoms with Crippen molar-refractivity contribution in [2.24, 2.45) is 5.41 Å². The summed E-state index contributed by atoms with van der Waals surface area (Å²) in [5, 5.41) is 9.61. The molecule has 0 bridgehead atoms. The first-order chi connectivity index (χ1) is 5.19. The van der Waals surface area contributed by atoms with Crippen LogP contribution in [-0.2, 0) is 0 Å². The highest BCUT2D eigenvalue weighted by Gasteiger charge is 2.43. The van der Waals surface area contributed by atoms with E-state index in [1.165, 1.54) is 12.8 Å². The summed E-state index contributed by atoms with van der Waals surface area (Å²) in [6, 6.07) is 0. The molecule has 0 radical (unpaired) electrons. The third kappa shape index (κ3) is 2.24. The molecule has 1 unspecified atom stereocenters. The van der Waals surface area contributed by atoms with Crippen molar-refractivity contribution in [2.75, 3.05) is 0 Å². The van der Waals surface area contributed by atoms with Gasteiger partial charge in [0.2, 0.25) is 0 Å². The van der Waals surface area contributed by atoms with Crippen LogP contribution >= 0.6 is 0 Å². The maximum Gasteiger partial charge on any atom is 0.0594 e. The summed E-state index contributed by atoms with van der Waals surface area (Å²) in [4.78, 5) is 0. The van der Waals surface area contributed by atoms with E-state index in [4.69, 9.17) is 6.42 Å². The van der Waals surface area contributed by atoms with E-state index in [0.29, 0.717) is 0 Å². The zero-order valence-corrected chi connectivity index (χ0v) is 7.14. The van der Waals surface area contributed by atoms with Crippen LogP contribution in [0.4, 0.5) is 0 Å². The van der Waals surface area contributed by atoms with E-state index >= 15 is 0 Å². The van der Waals surface area contributed by atoms with E-state index in [2.05, 4.69) is 12.8 Å². The van der Waals surface area contributed by atoms with E-state index in [0.717, 1.165) is 19.3 Å². The Bertz CT molecular complexity index is 162. The predicted octanol–water partition coefficient (Wildman–Crippen LogP) is 1.95. The monoisotopic (exact) mass is 152 g/mol. The second-order valence-electron chi connectivity index (χ2n) is 3.77. The number of hydrogen-bond donors (Lipinski definition) is 1. The number of unbranched alkanes of at least 4 members (excludes halogenated alkanes) is 1. The molecule has 0 heterocycles. The van der Waals surface area contributed by atoms with E-state index in [1.54, 1.807) is 0 Å². The van der Waals surface area contributed by atoms with Gasteiger partial charge in [0.25, 0.3) is 0 Å². The van der Waals surface area contributed by atoms with Crippen LogP contribution in [0.2, 0.25) is 0 Å². The largest absolute Gasteiger partial charge is 0.393 e. The molecule has 1 rings (SSSR count). The van der Waals surface area contributed by atoms with Gasteiger partial charge in [-0.1, -0.05) is 6.92 Å². The average Bonchev–Trinajstić information content (AvgIpc) is 2.70. The molecule has 1 saturated carbocycles. The molecule has 0 spiro atoms. The van der Waals surface area contributed by atoms with Gasteiger partial charge in [-0.05, 0) is 31.1 Å². The van der Waals surface area contributed by atoms with E-state index in [-0.39, 0.29) is 11.5 Å². The summed E-state index contributed by atoms with van der Waals surface area (Å²) in [6.45, 7) is 2.15. The van der Waals surface area contributed by atoms with Crippen LogP contribution < -0.4 is 0 Å². The van der Waals surface area contributed by atoms with Crippen molar-refractivity contribution < 1.29 is 5.11 Å². The number of aliphatic hydroxyl groups is 1. The second-order valence-corrected chi connectivity index (χ2v) is 3.77. The smallest absolute Gasteiger partial charge is 0.0594 e. The molecule has 1 heteroatoms. The molecule has 0 amide bonds.